The van der Waals surface area contributed by atoms with E-state index in [1.54, 1.807) is 4.80 Å². The number of aliphatic carboxylic acids is 1. The Bertz CT molecular complexity index is 1440. The number of hydrogen-bond donors (Lipinski definition) is 3. The fourth-order valence-electron chi connectivity index (χ4n) is 13.1. The third-order valence-electron chi connectivity index (χ3n) is 16.2. The fraction of sp³-hybridized carbons (Fsp3) is 0.895. The number of carboxylic acid groups (broad SMARTS) is 1. The van der Waals surface area contributed by atoms with Crippen LogP contribution >= 0.6 is 0 Å². The predicted octanol–water partition coefficient (Wildman–Crippen LogP) is 6.43. The Hall–Kier alpha value is -2.04. The molecule has 1 saturated heterocycles. The maximum absolute atomic E-state index is 13.4. The van der Waals surface area contributed by atoms with Gasteiger partial charge in [0.2, 0.25) is 0 Å². The van der Waals surface area contributed by atoms with Crippen LogP contribution in [0.4, 0.5) is 5.95 Å². The Balaban J connectivity index is 1.29. The van der Waals surface area contributed by atoms with Crippen LogP contribution in [0.15, 0.2) is 11.6 Å². The molecule has 0 unspecified atom stereocenters. The molecule has 4 saturated carbocycles. The summed E-state index contributed by atoms with van der Waals surface area (Å²) in [5.41, 5.74) is 12.9. The minimum absolute atomic E-state index is 0.143. The second-order valence-electron chi connectivity index (χ2n) is 18.7. The SMILES string of the molecule is CC(C)[C@@H](C)[C@@]1(C)CC[C@]2(C)[C@H]3CC[C@@H]4[C@@]5(COC[C@@]4(C)[C@@H](OCC4(N)CCCCC4)[C@H](n4nnc(N)n4)C5)C3=CC[C@@]2(C)[C@@H]1C(=O)O. The van der Waals surface area contributed by atoms with E-state index in [4.69, 9.17) is 20.9 Å². The summed E-state index contributed by atoms with van der Waals surface area (Å²) in [6, 6.07) is -0.166. The van der Waals surface area contributed by atoms with E-state index in [1.165, 1.54) is 12.0 Å². The first kappa shape index (κ1) is 34.4. The topological polar surface area (TPSA) is 151 Å². The van der Waals surface area contributed by atoms with Crippen molar-refractivity contribution in [2.24, 2.45) is 62.4 Å². The molecule has 10 nitrogen and oxygen atoms in total. The smallest absolute Gasteiger partial charge is 0.307 e. The molecule has 5 aliphatic carbocycles. The zero-order valence-corrected chi connectivity index (χ0v) is 30.6. The lowest BCUT2D eigenvalue weighted by Crippen LogP contribution is -2.69. The lowest BCUT2D eigenvalue weighted by Gasteiger charge is -2.71. The van der Waals surface area contributed by atoms with Gasteiger partial charge in [0.1, 0.15) is 6.04 Å². The lowest BCUT2D eigenvalue weighted by atomic mass is 9.34. The minimum Gasteiger partial charge on any atom is -0.481 e. The first-order valence-electron chi connectivity index (χ1n) is 19.0. The Morgan fingerprint density at radius 1 is 1.06 bits per heavy atom. The van der Waals surface area contributed by atoms with Crippen LogP contribution in [0.2, 0.25) is 0 Å². The first-order valence-corrected chi connectivity index (χ1v) is 19.0. The summed E-state index contributed by atoms with van der Waals surface area (Å²) in [5, 5.41) is 24.2. The molecule has 5 fully saturated rings. The molecule has 2 heterocycles. The number of nitrogens with two attached hydrogens (primary N) is 2. The van der Waals surface area contributed by atoms with E-state index in [2.05, 4.69) is 70.0 Å². The normalized spacial score (nSPS) is 45.8. The van der Waals surface area contributed by atoms with Gasteiger partial charge in [0, 0.05) is 16.4 Å². The molecule has 1 aliphatic heterocycles. The molecule has 6 aliphatic rings. The van der Waals surface area contributed by atoms with Crippen LogP contribution in [0, 0.1) is 56.7 Å². The molecular formula is C38H62N6O4. The number of allylic oxidation sites excluding steroid dienone is 1. The predicted molar refractivity (Wildman–Crippen MR) is 185 cm³/mol. The van der Waals surface area contributed by atoms with E-state index in [1.807, 2.05) is 0 Å². The monoisotopic (exact) mass is 666 g/mol. The van der Waals surface area contributed by atoms with E-state index < -0.39 is 11.9 Å². The highest BCUT2D eigenvalue weighted by molar-refractivity contribution is 5.73. The number of fused-ring (bicyclic) bond motifs is 3. The summed E-state index contributed by atoms with van der Waals surface area (Å²) in [6.07, 6.45) is 13.5. The summed E-state index contributed by atoms with van der Waals surface area (Å²) in [4.78, 5) is 15.2. The van der Waals surface area contributed by atoms with Crippen molar-refractivity contribution in [1.82, 2.24) is 20.2 Å². The number of carbonyl (C=O) groups is 1. The number of rotatable bonds is 7. The van der Waals surface area contributed by atoms with E-state index in [0.29, 0.717) is 43.5 Å². The molecule has 2 bridgehead atoms. The molecule has 5 N–H and O–H groups in total. The molecule has 0 radical (unpaired) electrons. The number of hydrogen-bond acceptors (Lipinski definition) is 8. The van der Waals surface area contributed by atoms with E-state index >= 15 is 0 Å². The molecule has 0 amide bonds. The maximum Gasteiger partial charge on any atom is 0.307 e. The van der Waals surface area contributed by atoms with Crippen molar-refractivity contribution in [1.29, 1.82) is 0 Å². The average Bonchev–Trinajstić information content (AvgIpc) is 3.46. The van der Waals surface area contributed by atoms with Gasteiger partial charge in [-0.15, -0.1) is 5.10 Å². The van der Waals surface area contributed by atoms with Gasteiger partial charge >= 0.3 is 5.97 Å². The summed E-state index contributed by atoms with van der Waals surface area (Å²) in [6.45, 7) is 18.0. The quantitative estimate of drug-likeness (QED) is 0.280. The van der Waals surface area contributed by atoms with Crippen LogP contribution in [0.1, 0.15) is 125 Å². The lowest BCUT2D eigenvalue weighted by molar-refractivity contribution is -0.254. The van der Waals surface area contributed by atoms with Crippen LogP contribution < -0.4 is 11.5 Å². The van der Waals surface area contributed by atoms with Crippen molar-refractivity contribution in [3.05, 3.63) is 11.6 Å². The number of ether oxygens (including phenoxy) is 2. The Morgan fingerprint density at radius 2 is 1.79 bits per heavy atom. The molecule has 268 valence electrons. The van der Waals surface area contributed by atoms with Gasteiger partial charge in [0.15, 0.2) is 0 Å². The number of anilines is 1. The van der Waals surface area contributed by atoms with E-state index in [0.717, 1.165) is 64.2 Å². The molecule has 10 heteroatoms. The molecule has 48 heavy (non-hydrogen) atoms. The van der Waals surface area contributed by atoms with Crippen molar-refractivity contribution in [2.75, 3.05) is 25.6 Å². The zero-order chi connectivity index (χ0) is 34.5. The minimum atomic E-state index is -0.626. The highest BCUT2D eigenvalue weighted by Gasteiger charge is 2.72. The van der Waals surface area contributed by atoms with E-state index in [9.17, 15) is 9.90 Å². The number of nitrogen functional groups attached to an aromatic ring is 1. The van der Waals surface area contributed by atoms with Crippen LogP contribution in [0.25, 0.3) is 0 Å². The third-order valence-corrected chi connectivity index (χ3v) is 16.2. The summed E-state index contributed by atoms with van der Waals surface area (Å²) >= 11 is 0. The van der Waals surface area contributed by atoms with Crippen LogP contribution in [-0.4, -0.2) is 62.7 Å². The first-order chi connectivity index (χ1) is 22.5. The number of nitrogens with zero attached hydrogens (tertiary/aromatic N) is 4. The standard InChI is InChI=1S/C38H62N6O4/c1-23(2)24(3)33(4)17-18-35(6)25-11-12-28-34(5)20-47-22-38(28,26(25)13-16-36(35,7)29(33)31(45)46)19-27(44-42-32(39)41-43-44)30(34)48-21-37(40)14-9-8-10-15-37/h13,23-25,27-30H,8-12,14-22,40H2,1-7H3,(H2,39,42)(H,45,46)/t24-,25+,27-,28+,29-,30+,33-,34-,35-,36+,38+/m1/s1. The van der Waals surface area contributed by atoms with Gasteiger partial charge in [0.25, 0.3) is 5.95 Å². The molecule has 0 aromatic carbocycles. The maximum atomic E-state index is 13.4. The molecule has 0 spiro atoms. The molecule has 1 aromatic rings. The fourth-order valence-corrected chi connectivity index (χ4v) is 13.1. The van der Waals surface area contributed by atoms with Crippen molar-refractivity contribution >= 4 is 11.9 Å². The second-order valence-corrected chi connectivity index (χ2v) is 18.7. The average molecular weight is 667 g/mol. The Morgan fingerprint density at radius 3 is 2.44 bits per heavy atom. The van der Waals surface area contributed by atoms with Crippen LogP contribution in [0.3, 0.4) is 0 Å². The van der Waals surface area contributed by atoms with Gasteiger partial charge in [-0.2, -0.15) is 4.80 Å². The van der Waals surface area contributed by atoms with Crippen molar-refractivity contribution in [2.45, 2.75) is 137 Å². The van der Waals surface area contributed by atoms with Gasteiger partial charge in [-0.3, -0.25) is 4.79 Å². The van der Waals surface area contributed by atoms with Gasteiger partial charge in [0.05, 0.1) is 31.8 Å². The van der Waals surface area contributed by atoms with E-state index in [-0.39, 0.29) is 50.7 Å². The third kappa shape index (κ3) is 4.73. The number of carboxylic acids is 1. The molecule has 1 aromatic heterocycles. The van der Waals surface area contributed by atoms with Gasteiger partial charge in [-0.05, 0) is 96.5 Å². The second kappa shape index (κ2) is 11.5. The number of aromatic nitrogens is 4. The van der Waals surface area contributed by atoms with Crippen molar-refractivity contribution in [3.63, 3.8) is 0 Å². The van der Waals surface area contributed by atoms with Gasteiger partial charge < -0.3 is 26.0 Å². The Labute approximate surface area is 287 Å². The largest absolute Gasteiger partial charge is 0.481 e. The molecular weight excluding hydrogens is 604 g/mol. The van der Waals surface area contributed by atoms with Crippen molar-refractivity contribution in [3.8, 4) is 0 Å². The van der Waals surface area contributed by atoms with Gasteiger partial charge in [-0.25, -0.2) is 0 Å². The summed E-state index contributed by atoms with van der Waals surface area (Å²) < 4.78 is 13.7. The zero-order valence-electron chi connectivity index (χ0n) is 30.6. The summed E-state index contributed by atoms with van der Waals surface area (Å²) in [5.74, 6) is 0.523. The summed E-state index contributed by atoms with van der Waals surface area (Å²) in [7, 11) is 0. The highest BCUT2D eigenvalue weighted by atomic mass is 16.5. The van der Waals surface area contributed by atoms with Gasteiger partial charge in [-0.1, -0.05) is 84.5 Å². The number of tetrazole rings is 1. The molecule has 7 rings (SSSR count). The van der Waals surface area contributed by atoms with Crippen LogP contribution in [-0.2, 0) is 14.3 Å². The highest BCUT2D eigenvalue weighted by Crippen LogP contribution is 2.75. The molecule has 11 atom stereocenters. The Kier molecular flexibility index (Phi) is 8.24. The van der Waals surface area contributed by atoms with Crippen molar-refractivity contribution < 1.29 is 19.4 Å². The van der Waals surface area contributed by atoms with Crippen LogP contribution in [0.5, 0.6) is 0 Å².